The Hall–Kier alpha value is -2.36. The lowest BCUT2D eigenvalue weighted by Gasteiger charge is -2.45. The average Bonchev–Trinajstić information content (AvgIpc) is 3.35. The third-order valence-corrected chi connectivity index (χ3v) is 10.2. The summed E-state index contributed by atoms with van der Waals surface area (Å²) in [7, 11) is 4.94. The van der Waals surface area contributed by atoms with Gasteiger partial charge in [-0.2, -0.15) is 0 Å². The van der Waals surface area contributed by atoms with Crippen molar-refractivity contribution in [2.24, 2.45) is 17.8 Å². The van der Waals surface area contributed by atoms with Gasteiger partial charge >= 0.3 is 12.1 Å². The van der Waals surface area contributed by atoms with E-state index in [9.17, 15) is 24.3 Å². The summed E-state index contributed by atoms with van der Waals surface area (Å²) < 4.78 is 30.6. The number of rotatable bonds is 8. The number of hydrogen-bond acceptors (Lipinski definition) is 12. The Bertz CT molecular complexity index is 1110. The Kier molecular flexibility index (Phi) is 13.6. The number of likely N-dealkylation sites (N-methyl/N-ethyl adjacent to an activating group) is 2. The number of carbonyl (C=O) groups excluding carboxylic acids is 4. The van der Waals surface area contributed by atoms with Crippen molar-refractivity contribution in [3.05, 3.63) is 0 Å². The fourth-order valence-corrected chi connectivity index (χ4v) is 7.27. The molecule has 1 unspecified atom stereocenters. The van der Waals surface area contributed by atoms with Crippen molar-refractivity contribution < 1.29 is 48.0 Å². The lowest BCUT2D eigenvalue weighted by Crippen LogP contribution is -2.60. The highest BCUT2D eigenvalue weighted by Crippen LogP contribution is 2.37. The van der Waals surface area contributed by atoms with E-state index in [0.717, 1.165) is 0 Å². The van der Waals surface area contributed by atoms with E-state index in [1.165, 1.54) is 6.92 Å². The number of ether oxygens (including phenoxy) is 5. The Labute approximate surface area is 279 Å². The maximum atomic E-state index is 14.1. The Morgan fingerprint density at radius 3 is 2.45 bits per heavy atom. The molecule has 3 heterocycles. The summed E-state index contributed by atoms with van der Waals surface area (Å²) in [5.74, 6) is -3.30. The molecule has 2 amide bonds. The van der Waals surface area contributed by atoms with Crippen molar-refractivity contribution in [1.29, 1.82) is 0 Å². The van der Waals surface area contributed by atoms with Crippen molar-refractivity contribution in [1.82, 2.24) is 20.9 Å². The highest BCUT2D eigenvalue weighted by atomic mass is 16.7. The van der Waals surface area contributed by atoms with Gasteiger partial charge in [0.05, 0.1) is 30.4 Å². The minimum atomic E-state index is -1.17. The van der Waals surface area contributed by atoms with Gasteiger partial charge in [-0.05, 0) is 72.9 Å². The number of hydrogen-bond donors (Lipinski definition) is 4. The van der Waals surface area contributed by atoms with Crippen molar-refractivity contribution in [3.8, 4) is 0 Å². The molecule has 0 bridgehead atoms. The molecule has 0 aromatic heterocycles. The minimum Gasteiger partial charge on any atom is -0.458 e. The normalized spacial score (nSPS) is 40.7. The van der Waals surface area contributed by atoms with E-state index in [2.05, 4.69) is 16.0 Å². The van der Waals surface area contributed by atoms with Gasteiger partial charge in [0, 0.05) is 32.7 Å². The number of cyclic esters (lactones) is 1. The molecule has 0 aliphatic carbocycles. The van der Waals surface area contributed by atoms with E-state index in [-0.39, 0.29) is 24.4 Å². The molecule has 3 aliphatic rings. The van der Waals surface area contributed by atoms with Crippen LogP contribution in [0.1, 0.15) is 74.1 Å². The standard InChI is InChI=1S/C33H58N4O10/c1-11-24-33(7)27(36-31(42)47-33)21(5)35-15-18(2)14-32(6,43-10)28(19(3)26(40)20(4)29(41)45-24)46-30-23(38)13-12-22(44-30)17-37(9)25(39)16-34-8/h18-24,27-28,30,34-35,38H,11-17H2,1-10H3,(H,36,42)/t18-,19+,20?,21-,22+,23-,24-,27-,28-,30+,32-,33-/m1/s1. The number of alkyl carbamates (subject to hydrolysis) is 1. The van der Waals surface area contributed by atoms with Gasteiger partial charge in [-0.1, -0.05) is 20.8 Å². The smallest absolute Gasteiger partial charge is 0.408 e. The first-order valence-corrected chi connectivity index (χ1v) is 16.9. The first-order chi connectivity index (χ1) is 22.0. The predicted molar refractivity (Wildman–Crippen MR) is 172 cm³/mol. The van der Waals surface area contributed by atoms with Crippen LogP contribution in [0.2, 0.25) is 0 Å². The molecule has 0 radical (unpaired) electrons. The molecule has 12 atom stereocenters. The maximum absolute atomic E-state index is 14.1. The third kappa shape index (κ3) is 9.01. The van der Waals surface area contributed by atoms with Gasteiger partial charge in [-0.3, -0.25) is 14.4 Å². The molecular formula is C33H58N4O10. The number of fused-ring (bicyclic) bond motifs is 1. The zero-order valence-electron chi connectivity index (χ0n) is 29.8. The molecule has 0 saturated carbocycles. The molecule has 270 valence electrons. The Morgan fingerprint density at radius 1 is 1.15 bits per heavy atom. The molecule has 0 aromatic carbocycles. The van der Waals surface area contributed by atoms with Crippen LogP contribution < -0.4 is 16.0 Å². The molecule has 0 aromatic rings. The molecule has 14 heteroatoms. The van der Waals surface area contributed by atoms with Crippen LogP contribution in [0.3, 0.4) is 0 Å². The van der Waals surface area contributed by atoms with Gasteiger partial charge < -0.3 is 49.6 Å². The van der Waals surface area contributed by atoms with E-state index in [1.54, 1.807) is 40.0 Å². The van der Waals surface area contributed by atoms with E-state index in [0.29, 0.717) is 38.8 Å². The second-order valence-corrected chi connectivity index (χ2v) is 14.1. The van der Waals surface area contributed by atoms with E-state index < -0.39 is 77.6 Å². The van der Waals surface area contributed by atoms with Crippen LogP contribution in [0.25, 0.3) is 0 Å². The van der Waals surface area contributed by atoms with Crippen LogP contribution >= 0.6 is 0 Å². The van der Waals surface area contributed by atoms with Crippen molar-refractivity contribution in [2.75, 3.05) is 40.8 Å². The molecular weight excluding hydrogens is 612 g/mol. The third-order valence-electron chi connectivity index (χ3n) is 10.2. The maximum Gasteiger partial charge on any atom is 0.408 e. The number of amides is 2. The van der Waals surface area contributed by atoms with Gasteiger partial charge in [0.2, 0.25) is 5.91 Å². The number of carbonyl (C=O) groups is 4. The van der Waals surface area contributed by atoms with Crippen LogP contribution in [0, 0.1) is 17.8 Å². The van der Waals surface area contributed by atoms with Gasteiger partial charge in [-0.15, -0.1) is 0 Å². The number of nitrogens with zero attached hydrogens (tertiary/aromatic N) is 1. The van der Waals surface area contributed by atoms with E-state index >= 15 is 0 Å². The van der Waals surface area contributed by atoms with Crippen molar-refractivity contribution in [2.45, 2.75) is 128 Å². The molecule has 3 rings (SSSR count). The lowest BCUT2D eigenvalue weighted by molar-refractivity contribution is -0.288. The predicted octanol–water partition coefficient (Wildman–Crippen LogP) is 1.37. The van der Waals surface area contributed by atoms with Crippen LogP contribution in [0.4, 0.5) is 4.79 Å². The summed E-state index contributed by atoms with van der Waals surface area (Å²) in [5, 5.41) is 20.3. The van der Waals surface area contributed by atoms with Gasteiger partial charge in [-0.25, -0.2) is 4.79 Å². The zero-order chi connectivity index (χ0) is 35.3. The van der Waals surface area contributed by atoms with Gasteiger partial charge in [0.15, 0.2) is 17.7 Å². The second kappa shape index (κ2) is 16.4. The first-order valence-electron chi connectivity index (χ1n) is 16.9. The van der Waals surface area contributed by atoms with Crippen molar-refractivity contribution >= 4 is 23.8 Å². The molecule has 0 spiro atoms. The number of aliphatic hydroxyl groups excluding tert-OH is 1. The lowest BCUT2D eigenvalue weighted by atomic mass is 9.78. The highest BCUT2D eigenvalue weighted by Gasteiger charge is 2.55. The number of Topliss-reactive ketones (excluding diaryl/α,β-unsaturated/α-hetero) is 1. The summed E-state index contributed by atoms with van der Waals surface area (Å²) >= 11 is 0. The summed E-state index contributed by atoms with van der Waals surface area (Å²) in [5.41, 5.74) is -2.22. The first kappa shape index (κ1) is 39.1. The zero-order valence-corrected chi connectivity index (χ0v) is 29.8. The minimum absolute atomic E-state index is 0.000676. The summed E-state index contributed by atoms with van der Waals surface area (Å²) in [4.78, 5) is 54.0. The number of nitrogens with one attached hydrogen (secondary N) is 3. The summed E-state index contributed by atoms with van der Waals surface area (Å²) in [6, 6.07) is -0.767. The van der Waals surface area contributed by atoms with Crippen LogP contribution in [0.15, 0.2) is 0 Å². The second-order valence-electron chi connectivity index (χ2n) is 14.1. The molecule has 14 nitrogen and oxygen atoms in total. The molecule has 3 aliphatic heterocycles. The molecule has 4 N–H and O–H groups in total. The van der Waals surface area contributed by atoms with E-state index in [1.807, 2.05) is 27.7 Å². The number of esters is 1. The fourth-order valence-electron chi connectivity index (χ4n) is 7.27. The van der Waals surface area contributed by atoms with Gasteiger partial charge in [0.25, 0.3) is 0 Å². The largest absolute Gasteiger partial charge is 0.458 e. The fraction of sp³-hybridized carbons (Fsp3) is 0.879. The molecule has 3 saturated heterocycles. The van der Waals surface area contributed by atoms with Crippen LogP contribution in [-0.2, 0) is 38.1 Å². The Balaban J connectivity index is 1.95. The number of aliphatic hydroxyl groups is 1. The van der Waals surface area contributed by atoms with Crippen LogP contribution in [-0.4, -0.2) is 129 Å². The van der Waals surface area contributed by atoms with Crippen molar-refractivity contribution in [3.63, 3.8) is 0 Å². The van der Waals surface area contributed by atoms with Gasteiger partial charge in [0.1, 0.15) is 18.1 Å². The average molecular weight is 671 g/mol. The highest BCUT2D eigenvalue weighted by molar-refractivity contribution is 6.00. The molecule has 47 heavy (non-hydrogen) atoms. The summed E-state index contributed by atoms with van der Waals surface area (Å²) in [6.45, 7) is 13.6. The topological polar surface area (TPSA) is 174 Å². The number of methoxy groups -OCH3 is 1. The molecule has 3 fully saturated rings. The monoisotopic (exact) mass is 670 g/mol. The SMILES string of the molecule is CC[C@H]1OC(=O)C(C)C(=O)[C@H](C)[C@@H](O[C@@H]2O[C@H](CN(C)C(=O)CNC)CC[C@H]2O)[C@](C)(OC)C[C@@H](C)CN[C@H](C)[C@H]2NC(=O)O[C@@]21C. The summed E-state index contributed by atoms with van der Waals surface area (Å²) in [6.07, 6.45) is -3.11. The number of ketones is 1. The quantitative estimate of drug-likeness (QED) is 0.216. The van der Waals surface area contributed by atoms with E-state index in [4.69, 9.17) is 23.7 Å². The Morgan fingerprint density at radius 2 is 1.83 bits per heavy atom. The van der Waals surface area contributed by atoms with Crippen LogP contribution in [0.5, 0.6) is 0 Å².